The van der Waals surface area contributed by atoms with E-state index in [9.17, 15) is 9.59 Å². The maximum Gasteiger partial charge on any atom is 0.346 e. The van der Waals surface area contributed by atoms with Crippen LogP contribution in [0.25, 0.3) is 0 Å². The quantitative estimate of drug-likeness (QED) is 0.816. The molecule has 100 valence electrons. The van der Waals surface area contributed by atoms with Crippen LogP contribution < -0.4 is 5.32 Å². The number of hydrogen-bond donors (Lipinski definition) is 2. The predicted octanol–water partition coefficient (Wildman–Crippen LogP) is 1.26. The molecule has 1 heterocycles. The number of carbonyl (C=O) groups excluding carboxylic acids is 1. The lowest BCUT2D eigenvalue weighted by molar-refractivity contribution is -0.124. The van der Waals surface area contributed by atoms with Gasteiger partial charge in [0.25, 0.3) is 0 Å². The lowest BCUT2D eigenvalue weighted by Gasteiger charge is -2.20. The maximum absolute atomic E-state index is 11.4. The Morgan fingerprint density at radius 1 is 1.56 bits per heavy atom. The molecule has 0 radical (unpaired) electrons. The van der Waals surface area contributed by atoms with Gasteiger partial charge in [0.15, 0.2) is 0 Å². The summed E-state index contributed by atoms with van der Waals surface area (Å²) in [5.41, 5.74) is 0.791. The highest BCUT2D eigenvalue weighted by molar-refractivity contribution is 7.12. The highest BCUT2D eigenvalue weighted by Crippen LogP contribution is 2.18. The molecule has 1 aromatic heterocycles. The second kappa shape index (κ2) is 6.51. The van der Waals surface area contributed by atoms with Gasteiger partial charge in [0.2, 0.25) is 5.91 Å². The van der Waals surface area contributed by atoms with Crippen LogP contribution in [0.3, 0.4) is 0 Å². The molecule has 1 amide bonds. The van der Waals surface area contributed by atoms with Crippen LogP contribution in [-0.2, 0) is 11.3 Å². The van der Waals surface area contributed by atoms with Gasteiger partial charge < -0.3 is 15.3 Å². The maximum atomic E-state index is 11.4. The van der Waals surface area contributed by atoms with Crippen LogP contribution in [-0.4, -0.2) is 42.5 Å². The van der Waals surface area contributed by atoms with E-state index in [1.54, 1.807) is 12.4 Å². The van der Waals surface area contributed by atoms with E-state index >= 15 is 0 Å². The third-order valence-electron chi connectivity index (χ3n) is 2.66. The number of thiophene rings is 1. The molecule has 0 aromatic carbocycles. The standard InChI is InChI=1S/C12H18N2O3S/c1-8(11(15)13-2)6-14(3)7-9-4-5-18-10(9)12(16)17/h4-5,8H,6-7H2,1-3H3,(H,13,15)(H,16,17). The van der Waals surface area contributed by atoms with Crippen molar-refractivity contribution in [1.29, 1.82) is 0 Å². The zero-order chi connectivity index (χ0) is 13.7. The lowest BCUT2D eigenvalue weighted by Crippen LogP contribution is -2.34. The van der Waals surface area contributed by atoms with E-state index < -0.39 is 5.97 Å². The fraction of sp³-hybridized carbons (Fsp3) is 0.500. The molecule has 1 atom stereocenters. The van der Waals surface area contributed by atoms with Crippen LogP contribution >= 0.6 is 11.3 Å². The molecule has 2 N–H and O–H groups in total. The number of carbonyl (C=O) groups is 2. The second-order valence-corrected chi connectivity index (χ2v) is 5.21. The Hall–Kier alpha value is -1.40. The van der Waals surface area contributed by atoms with Gasteiger partial charge >= 0.3 is 5.97 Å². The van der Waals surface area contributed by atoms with Crippen LogP contribution in [0.5, 0.6) is 0 Å². The van der Waals surface area contributed by atoms with Gasteiger partial charge in [0, 0.05) is 26.1 Å². The Labute approximate surface area is 110 Å². The molecule has 6 heteroatoms. The third-order valence-corrected chi connectivity index (χ3v) is 3.61. The number of carboxylic acids is 1. The number of hydrogen-bond acceptors (Lipinski definition) is 4. The van der Waals surface area contributed by atoms with Gasteiger partial charge in [-0.2, -0.15) is 0 Å². The van der Waals surface area contributed by atoms with Gasteiger partial charge in [0.05, 0.1) is 0 Å². The molecule has 0 spiro atoms. The molecule has 0 fully saturated rings. The summed E-state index contributed by atoms with van der Waals surface area (Å²) in [6.07, 6.45) is 0. The van der Waals surface area contributed by atoms with Gasteiger partial charge in [-0.3, -0.25) is 4.79 Å². The van der Waals surface area contributed by atoms with Crippen molar-refractivity contribution in [3.8, 4) is 0 Å². The van der Waals surface area contributed by atoms with E-state index in [-0.39, 0.29) is 11.8 Å². The van der Waals surface area contributed by atoms with Gasteiger partial charge in [-0.1, -0.05) is 6.92 Å². The Kier molecular flexibility index (Phi) is 5.30. The first-order valence-electron chi connectivity index (χ1n) is 5.65. The zero-order valence-electron chi connectivity index (χ0n) is 10.8. The van der Waals surface area contributed by atoms with Crippen LogP contribution in [0.15, 0.2) is 11.4 Å². The molecule has 0 aliphatic rings. The molecule has 1 aromatic rings. The van der Waals surface area contributed by atoms with Gasteiger partial charge in [0.1, 0.15) is 4.88 Å². The van der Waals surface area contributed by atoms with Crippen molar-refractivity contribution in [3.05, 3.63) is 21.9 Å². The summed E-state index contributed by atoms with van der Waals surface area (Å²) in [5, 5.41) is 13.4. The normalized spacial score (nSPS) is 12.4. The zero-order valence-corrected chi connectivity index (χ0v) is 11.6. The molecule has 1 unspecified atom stereocenters. The van der Waals surface area contributed by atoms with Gasteiger partial charge in [-0.05, 0) is 24.1 Å². The fourth-order valence-corrected chi connectivity index (χ4v) is 2.55. The van der Waals surface area contributed by atoms with E-state index in [4.69, 9.17) is 5.11 Å². The Morgan fingerprint density at radius 2 is 2.22 bits per heavy atom. The number of amides is 1. The minimum atomic E-state index is -0.896. The number of nitrogens with one attached hydrogen (secondary N) is 1. The number of aromatic carboxylic acids is 1. The van der Waals surface area contributed by atoms with Crippen molar-refractivity contribution >= 4 is 23.2 Å². The molecule has 0 saturated heterocycles. The Bertz CT molecular complexity index is 431. The first-order chi connectivity index (χ1) is 8.45. The Morgan fingerprint density at radius 3 is 2.78 bits per heavy atom. The van der Waals surface area contributed by atoms with Gasteiger partial charge in [-0.25, -0.2) is 4.79 Å². The molecule has 5 nitrogen and oxygen atoms in total. The minimum Gasteiger partial charge on any atom is -0.477 e. The topological polar surface area (TPSA) is 69.6 Å². The number of rotatable bonds is 6. The minimum absolute atomic E-state index is 0.00868. The summed E-state index contributed by atoms with van der Waals surface area (Å²) < 4.78 is 0. The summed E-state index contributed by atoms with van der Waals surface area (Å²) in [5.74, 6) is -1.02. The fourth-order valence-electron chi connectivity index (χ4n) is 1.80. The lowest BCUT2D eigenvalue weighted by atomic mass is 10.1. The predicted molar refractivity (Wildman–Crippen MR) is 70.8 cm³/mol. The van der Waals surface area contributed by atoms with Crippen molar-refractivity contribution in [2.45, 2.75) is 13.5 Å². The summed E-state index contributed by atoms with van der Waals surface area (Å²) in [4.78, 5) is 24.7. The van der Waals surface area contributed by atoms with Crippen molar-refractivity contribution in [2.75, 3.05) is 20.6 Å². The highest BCUT2D eigenvalue weighted by Gasteiger charge is 2.17. The van der Waals surface area contributed by atoms with E-state index in [2.05, 4.69) is 5.32 Å². The number of nitrogens with zero attached hydrogens (tertiary/aromatic N) is 1. The van der Waals surface area contributed by atoms with E-state index in [1.807, 2.05) is 24.9 Å². The van der Waals surface area contributed by atoms with Crippen molar-refractivity contribution in [2.24, 2.45) is 5.92 Å². The van der Waals surface area contributed by atoms with Crippen molar-refractivity contribution in [3.63, 3.8) is 0 Å². The third kappa shape index (κ3) is 3.82. The van der Waals surface area contributed by atoms with Crippen molar-refractivity contribution < 1.29 is 14.7 Å². The van der Waals surface area contributed by atoms with Crippen LogP contribution in [0, 0.1) is 5.92 Å². The summed E-state index contributed by atoms with van der Waals surface area (Å²) in [6.45, 7) is 2.97. The molecule has 0 aliphatic heterocycles. The average molecular weight is 270 g/mol. The van der Waals surface area contributed by atoms with E-state index in [0.717, 1.165) is 5.56 Å². The Balaban J connectivity index is 2.59. The largest absolute Gasteiger partial charge is 0.477 e. The summed E-state index contributed by atoms with van der Waals surface area (Å²) in [7, 11) is 3.49. The molecule has 18 heavy (non-hydrogen) atoms. The smallest absolute Gasteiger partial charge is 0.346 e. The SMILES string of the molecule is CNC(=O)C(C)CN(C)Cc1ccsc1C(=O)O. The molecule has 0 aliphatic carbocycles. The van der Waals surface area contributed by atoms with E-state index in [1.165, 1.54) is 11.3 Å². The summed E-state index contributed by atoms with van der Waals surface area (Å²) >= 11 is 1.22. The first-order valence-corrected chi connectivity index (χ1v) is 6.53. The average Bonchev–Trinajstić information content (AvgIpc) is 2.75. The highest BCUT2D eigenvalue weighted by atomic mass is 32.1. The second-order valence-electron chi connectivity index (χ2n) is 4.29. The molecule has 0 bridgehead atoms. The first kappa shape index (κ1) is 14.7. The molecule has 1 rings (SSSR count). The van der Waals surface area contributed by atoms with Crippen LogP contribution in [0.4, 0.5) is 0 Å². The van der Waals surface area contributed by atoms with Crippen molar-refractivity contribution in [1.82, 2.24) is 10.2 Å². The molecular weight excluding hydrogens is 252 g/mol. The molecular formula is C12H18N2O3S. The van der Waals surface area contributed by atoms with Crippen LogP contribution in [0.1, 0.15) is 22.2 Å². The van der Waals surface area contributed by atoms with Gasteiger partial charge in [-0.15, -0.1) is 11.3 Å². The van der Waals surface area contributed by atoms with E-state index in [0.29, 0.717) is 18.0 Å². The van der Waals surface area contributed by atoms with Crippen LogP contribution in [0.2, 0.25) is 0 Å². The monoisotopic (exact) mass is 270 g/mol. The molecule has 0 saturated carbocycles. The number of carboxylic acid groups (broad SMARTS) is 1. The summed E-state index contributed by atoms with van der Waals surface area (Å²) in [6, 6.07) is 1.81.